The van der Waals surface area contributed by atoms with Gasteiger partial charge in [0.25, 0.3) is 0 Å². The zero-order valence-electron chi connectivity index (χ0n) is 11.1. The van der Waals surface area contributed by atoms with Crippen LogP contribution < -0.4 is 0 Å². The Morgan fingerprint density at radius 3 is 2.33 bits per heavy atom. The smallest absolute Gasteiger partial charge is 0.0769 e. The molecule has 0 N–H and O–H groups in total. The van der Waals surface area contributed by atoms with E-state index in [1.807, 2.05) is 17.4 Å². The first-order chi connectivity index (χ1) is 8.55. The third-order valence-corrected chi connectivity index (χ3v) is 5.64. The number of alkyl halides is 1. The molecular weight excluding hydrogens is 260 g/mol. The maximum absolute atomic E-state index is 6.71. The zero-order chi connectivity index (χ0) is 13.2. The molecule has 1 aromatic heterocycles. The summed E-state index contributed by atoms with van der Waals surface area (Å²) in [5.74, 6) is 0. The van der Waals surface area contributed by atoms with Crippen molar-refractivity contribution in [2.75, 3.05) is 0 Å². The Kier molecular flexibility index (Phi) is 4.14. The lowest BCUT2D eigenvalue weighted by Crippen LogP contribution is -2.22. The molecule has 0 spiro atoms. The average Bonchev–Trinajstić information content (AvgIpc) is 2.87. The van der Waals surface area contributed by atoms with Gasteiger partial charge >= 0.3 is 0 Å². The summed E-state index contributed by atoms with van der Waals surface area (Å²) in [5.41, 5.74) is 1.23. The molecule has 1 unspecified atom stereocenters. The first kappa shape index (κ1) is 13.6. The number of aryl methyl sites for hydroxylation is 1. The Balaban J connectivity index is 2.29. The summed E-state index contributed by atoms with van der Waals surface area (Å²) >= 11 is 8.54. The van der Waals surface area contributed by atoms with Crippen molar-refractivity contribution in [3.8, 4) is 0 Å². The lowest BCUT2D eigenvalue weighted by atomic mass is 9.81. The Morgan fingerprint density at radius 1 is 1.11 bits per heavy atom. The standard InChI is InChI=1S/C16H19ClS/c1-4-13-10-11-14(18-13)15(17)16(2,3)12-8-6-5-7-9-12/h5-11,15H,4H2,1-3H3. The second-order valence-electron chi connectivity index (χ2n) is 5.11. The fourth-order valence-electron chi connectivity index (χ4n) is 2.09. The van der Waals surface area contributed by atoms with Crippen molar-refractivity contribution in [1.82, 2.24) is 0 Å². The number of benzene rings is 1. The zero-order valence-corrected chi connectivity index (χ0v) is 12.7. The van der Waals surface area contributed by atoms with E-state index in [9.17, 15) is 0 Å². The van der Waals surface area contributed by atoms with Crippen LogP contribution in [0.5, 0.6) is 0 Å². The molecule has 18 heavy (non-hydrogen) atoms. The molecule has 0 fully saturated rings. The Labute approximate surface area is 119 Å². The highest BCUT2D eigenvalue weighted by molar-refractivity contribution is 7.12. The minimum absolute atomic E-state index is 0.0187. The van der Waals surface area contributed by atoms with Crippen molar-refractivity contribution in [2.24, 2.45) is 0 Å². The van der Waals surface area contributed by atoms with E-state index < -0.39 is 0 Å². The first-order valence-corrected chi connectivity index (χ1v) is 7.59. The third-order valence-electron chi connectivity index (χ3n) is 3.43. The molecule has 1 aromatic carbocycles. The normalized spacial score (nSPS) is 13.6. The predicted octanol–water partition coefficient (Wildman–Crippen LogP) is 5.57. The van der Waals surface area contributed by atoms with Crippen LogP contribution in [0.4, 0.5) is 0 Å². The van der Waals surface area contributed by atoms with Crippen molar-refractivity contribution in [3.63, 3.8) is 0 Å². The topological polar surface area (TPSA) is 0 Å². The van der Waals surface area contributed by atoms with Gasteiger partial charge in [-0.3, -0.25) is 0 Å². The van der Waals surface area contributed by atoms with Crippen LogP contribution in [0.15, 0.2) is 42.5 Å². The van der Waals surface area contributed by atoms with Crippen LogP contribution in [0.1, 0.15) is 41.5 Å². The van der Waals surface area contributed by atoms with Gasteiger partial charge in [0.05, 0.1) is 5.38 Å². The van der Waals surface area contributed by atoms with Gasteiger partial charge in [0, 0.05) is 15.2 Å². The minimum Gasteiger partial charge on any atom is -0.144 e. The van der Waals surface area contributed by atoms with Gasteiger partial charge in [0.2, 0.25) is 0 Å². The van der Waals surface area contributed by atoms with Crippen LogP contribution in [-0.4, -0.2) is 0 Å². The minimum atomic E-state index is -0.0569. The molecule has 0 aliphatic carbocycles. The van der Waals surface area contributed by atoms with E-state index >= 15 is 0 Å². The summed E-state index contributed by atoms with van der Waals surface area (Å²) in [5, 5.41) is 0.0187. The highest BCUT2D eigenvalue weighted by Crippen LogP contribution is 2.43. The largest absolute Gasteiger partial charge is 0.144 e. The average molecular weight is 279 g/mol. The Hall–Kier alpha value is -0.790. The van der Waals surface area contributed by atoms with Crippen LogP contribution in [-0.2, 0) is 11.8 Å². The van der Waals surface area contributed by atoms with Crippen molar-refractivity contribution < 1.29 is 0 Å². The molecule has 0 saturated carbocycles. The lowest BCUT2D eigenvalue weighted by Gasteiger charge is -2.30. The molecule has 0 saturated heterocycles. The van der Waals surface area contributed by atoms with Gasteiger partial charge in [0.15, 0.2) is 0 Å². The molecule has 0 aliphatic heterocycles. The van der Waals surface area contributed by atoms with Crippen LogP contribution in [0.25, 0.3) is 0 Å². The van der Waals surface area contributed by atoms with Crippen LogP contribution in [0, 0.1) is 0 Å². The monoisotopic (exact) mass is 278 g/mol. The van der Waals surface area contributed by atoms with Crippen molar-refractivity contribution in [1.29, 1.82) is 0 Å². The van der Waals surface area contributed by atoms with E-state index in [4.69, 9.17) is 11.6 Å². The summed E-state index contributed by atoms with van der Waals surface area (Å²) in [7, 11) is 0. The van der Waals surface area contributed by atoms with Gasteiger partial charge in [-0.05, 0) is 24.1 Å². The number of halogens is 1. The highest BCUT2D eigenvalue weighted by Gasteiger charge is 2.31. The number of rotatable bonds is 4. The molecule has 2 aromatic rings. The maximum Gasteiger partial charge on any atom is 0.0769 e. The highest BCUT2D eigenvalue weighted by atomic mass is 35.5. The number of hydrogen-bond donors (Lipinski definition) is 0. The van der Waals surface area contributed by atoms with Crippen molar-refractivity contribution in [2.45, 2.75) is 38.0 Å². The van der Waals surface area contributed by atoms with Crippen molar-refractivity contribution in [3.05, 3.63) is 57.8 Å². The van der Waals surface area contributed by atoms with Gasteiger partial charge in [-0.15, -0.1) is 22.9 Å². The SMILES string of the molecule is CCc1ccc(C(Cl)C(C)(C)c2ccccc2)s1. The summed E-state index contributed by atoms with van der Waals surface area (Å²) in [6.45, 7) is 6.61. The van der Waals surface area contributed by atoms with Gasteiger partial charge in [-0.25, -0.2) is 0 Å². The number of thiophene rings is 1. The molecule has 2 heteroatoms. The van der Waals surface area contributed by atoms with Gasteiger partial charge in [0.1, 0.15) is 0 Å². The van der Waals surface area contributed by atoms with Crippen LogP contribution >= 0.6 is 22.9 Å². The maximum atomic E-state index is 6.71. The van der Waals surface area contributed by atoms with Gasteiger partial charge in [-0.1, -0.05) is 51.1 Å². The van der Waals surface area contributed by atoms with E-state index in [1.54, 1.807) is 0 Å². The molecule has 2 rings (SSSR count). The number of hydrogen-bond acceptors (Lipinski definition) is 1. The molecule has 0 bridgehead atoms. The van der Waals surface area contributed by atoms with Gasteiger partial charge in [-0.2, -0.15) is 0 Å². The molecule has 0 amide bonds. The van der Waals surface area contributed by atoms with E-state index in [1.165, 1.54) is 15.3 Å². The summed E-state index contributed by atoms with van der Waals surface area (Å²) in [6, 6.07) is 14.9. The summed E-state index contributed by atoms with van der Waals surface area (Å²) < 4.78 is 0. The molecule has 1 atom stereocenters. The first-order valence-electron chi connectivity index (χ1n) is 6.34. The van der Waals surface area contributed by atoms with E-state index in [0.717, 1.165) is 6.42 Å². The quantitative estimate of drug-likeness (QED) is 0.642. The summed E-state index contributed by atoms with van der Waals surface area (Å²) in [4.78, 5) is 2.67. The predicted molar refractivity (Wildman–Crippen MR) is 81.8 cm³/mol. The lowest BCUT2D eigenvalue weighted by molar-refractivity contribution is 0.509. The molecular formula is C16H19ClS. The van der Waals surface area contributed by atoms with Crippen LogP contribution in [0.3, 0.4) is 0 Å². The second kappa shape index (κ2) is 5.46. The van der Waals surface area contributed by atoms with Crippen LogP contribution in [0.2, 0.25) is 0 Å². The molecule has 0 radical (unpaired) electrons. The fraction of sp³-hybridized carbons (Fsp3) is 0.375. The van der Waals surface area contributed by atoms with E-state index in [0.29, 0.717) is 0 Å². The fourth-order valence-corrected chi connectivity index (χ4v) is 3.54. The van der Waals surface area contributed by atoms with E-state index in [-0.39, 0.29) is 10.8 Å². The summed E-state index contributed by atoms with van der Waals surface area (Å²) in [6.07, 6.45) is 1.08. The Bertz CT molecular complexity index is 499. The van der Waals surface area contributed by atoms with E-state index in [2.05, 4.69) is 57.2 Å². The molecule has 96 valence electrons. The molecule has 1 heterocycles. The molecule has 0 aliphatic rings. The second-order valence-corrected chi connectivity index (χ2v) is 6.74. The molecule has 0 nitrogen and oxygen atoms in total. The van der Waals surface area contributed by atoms with Crippen molar-refractivity contribution >= 4 is 22.9 Å². The van der Waals surface area contributed by atoms with Gasteiger partial charge < -0.3 is 0 Å². The Morgan fingerprint density at radius 2 is 1.78 bits per heavy atom. The third kappa shape index (κ3) is 2.62.